The molecule has 2 rings (SSSR count). The molecule has 0 radical (unpaired) electrons. The summed E-state index contributed by atoms with van der Waals surface area (Å²) in [5.74, 6) is -0.298. The van der Waals surface area contributed by atoms with E-state index < -0.39 is 0 Å². The van der Waals surface area contributed by atoms with Crippen molar-refractivity contribution in [3.8, 4) is 11.5 Å². The Morgan fingerprint density at radius 2 is 0.900 bits per heavy atom. The van der Waals surface area contributed by atoms with Crippen LogP contribution in [-0.2, 0) is 20.4 Å². The van der Waals surface area contributed by atoms with Crippen LogP contribution in [0.25, 0.3) is 0 Å². The maximum atomic E-state index is 13.1. The molecule has 2 atom stereocenters. The summed E-state index contributed by atoms with van der Waals surface area (Å²) in [6, 6.07) is 11.2. The first-order valence-electron chi connectivity index (χ1n) is 14.3. The minimum atomic E-state index is -0.273. The molecule has 2 aromatic rings. The largest absolute Gasteiger partial charge is 0.508 e. The molecule has 4 N–H and O–H groups in total. The van der Waals surface area contributed by atoms with Gasteiger partial charge < -0.3 is 10.2 Å². The Hall–Kier alpha value is -3.02. The van der Waals surface area contributed by atoms with Gasteiger partial charge in [-0.1, -0.05) is 107 Å². The van der Waals surface area contributed by atoms with Crippen molar-refractivity contribution in [2.75, 3.05) is 0 Å². The fourth-order valence-electron chi connectivity index (χ4n) is 5.20. The van der Waals surface area contributed by atoms with Crippen LogP contribution in [0.15, 0.2) is 36.4 Å². The highest BCUT2D eigenvalue weighted by Crippen LogP contribution is 2.42. The van der Waals surface area contributed by atoms with Crippen molar-refractivity contribution in [3.05, 3.63) is 58.7 Å². The zero-order valence-electron chi connectivity index (χ0n) is 26.7. The Morgan fingerprint density at radius 3 is 1.15 bits per heavy atom. The van der Waals surface area contributed by atoms with E-state index in [4.69, 9.17) is 0 Å². The minimum absolute atomic E-state index is 0.124. The molecule has 0 aliphatic heterocycles. The van der Waals surface area contributed by atoms with Crippen molar-refractivity contribution in [1.29, 1.82) is 0 Å². The van der Waals surface area contributed by atoms with E-state index in [9.17, 15) is 19.8 Å². The molecular formula is C34H52N2O4. The van der Waals surface area contributed by atoms with Crippen LogP contribution in [0.2, 0.25) is 0 Å². The lowest BCUT2D eigenvalue weighted by Gasteiger charge is -2.33. The zero-order valence-corrected chi connectivity index (χ0v) is 26.7. The summed E-state index contributed by atoms with van der Waals surface area (Å²) in [6.45, 7) is 24.8. The molecule has 0 aliphatic rings. The van der Waals surface area contributed by atoms with Crippen LogP contribution in [0, 0.1) is 10.8 Å². The molecule has 0 heterocycles. The SMILES string of the molecule is CC(C)(C)c1cc(C(CC(=O)NNC(=O)CC(c2ccc(O)c(C(C)(C)C)c2)C(C)(C)C)C(C)(C)C)ccc1O. The Bertz CT molecular complexity index is 1110. The third-order valence-electron chi connectivity index (χ3n) is 7.67. The molecule has 6 nitrogen and oxygen atoms in total. The minimum Gasteiger partial charge on any atom is -0.508 e. The number of hydrazine groups is 1. The quantitative estimate of drug-likeness (QED) is 0.278. The lowest BCUT2D eigenvalue weighted by molar-refractivity contribution is -0.129. The molecule has 0 aromatic heterocycles. The van der Waals surface area contributed by atoms with Gasteiger partial charge in [0.2, 0.25) is 11.8 Å². The first kappa shape index (κ1) is 33.2. The number of hydrogen-bond acceptors (Lipinski definition) is 4. The Morgan fingerprint density at radius 1 is 0.600 bits per heavy atom. The van der Waals surface area contributed by atoms with Crippen LogP contribution < -0.4 is 10.9 Å². The van der Waals surface area contributed by atoms with Gasteiger partial charge in [-0.2, -0.15) is 0 Å². The number of benzene rings is 2. The second-order valence-electron chi connectivity index (χ2n) is 15.4. The lowest BCUT2D eigenvalue weighted by Crippen LogP contribution is -2.43. The van der Waals surface area contributed by atoms with E-state index in [1.54, 1.807) is 12.1 Å². The number of carbonyl (C=O) groups excluding carboxylic acids is 2. The van der Waals surface area contributed by atoms with Crippen molar-refractivity contribution in [3.63, 3.8) is 0 Å². The second-order valence-corrected chi connectivity index (χ2v) is 15.4. The summed E-state index contributed by atoms with van der Waals surface area (Å²) in [6.07, 6.45) is 0.376. The van der Waals surface area contributed by atoms with Gasteiger partial charge in [0.25, 0.3) is 0 Å². The third kappa shape index (κ3) is 8.74. The highest BCUT2D eigenvalue weighted by atomic mass is 16.3. The van der Waals surface area contributed by atoms with E-state index in [1.165, 1.54) is 0 Å². The molecule has 222 valence electrons. The first-order chi connectivity index (χ1) is 18.0. The number of phenols is 2. The van der Waals surface area contributed by atoms with Crippen molar-refractivity contribution in [1.82, 2.24) is 10.9 Å². The van der Waals surface area contributed by atoms with Crippen LogP contribution in [0.1, 0.15) is 130 Å². The van der Waals surface area contributed by atoms with Crippen molar-refractivity contribution >= 4 is 11.8 Å². The summed E-state index contributed by atoms with van der Waals surface area (Å²) in [7, 11) is 0. The number of phenolic OH excluding ortho intramolecular Hbond substituents is 2. The predicted octanol–water partition coefficient (Wildman–Crippen LogP) is 7.58. The van der Waals surface area contributed by atoms with Crippen molar-refractivity contribution in [2.24, 2.45) is 10.8 Å². The second kappa shape index (κ2) is 11.8. The standard InChI is InChI=1S/C34H52N2O4/c1-31(2,3)23(21-13-15-27(37)25(17-21)33(7,8)9)19-29(39)35-36-30(40)20-24(32(4,5)6)22-14-16-28(38)26(18-22)34(10,11)12/h13-18,23-24,37-38H,19-20H2,1-12H3,(H,35,39)(H,36,40). The van der Waals surface area contributed by atoms with E-state index in [0.717, 1.165) is 22.3 Å². The number of rotatable bonds is 6. The predicted molar refractivity (Wildman–Crippen MR) is 164 cm³/mol. The maximum absolute atomic E-state index is 13.1. The number of hydrogen-bond donors (Lipinski definition) is 4. The van der Waals surface area contributed by atoms with Gasteiger partial charge in [-0.15, -0.1) is 0 Å². The third-order valence-corrected chi connectivity index (χ3v) is 7.67. The average Bonchev–Trinajstić information content (AvgIpc) is 2.77. The number of carbonyl (C=O) groups is 2. The summed E-state index contributed by atoms with van der Waals surface area (Å²) < 4.78 is 0. The summed E-state index contributed by atoms with van der Waals surface area (Å²) >= 11 is 0. The average molecular weight is 553 g/mol. The molecule has 0 saturated carbocycles. The normalized spacial score (nSPS) is 14.4. The maximum Gasteiger partial charge on any atom is 0.239 e. The molecule has 0 fully saturated rings. The first-order valence-corrected chi connectivity index (χ1v) is 14.3. The fraction of sp³-hybridized carbons (Fsp3) is 0.588. The molecule has 2 amide bonds. The molecular weight excluding hydrogens is 500 g/mol. The van der Waals surface area contributed by atoms with Crippen molar-refractivity contribution in [2.45, 2.75) is 119 Å². The van der Waals surface area contributed by atoms with E-state index in [1.807, 2.05) is 65.8 Å². The van der Waals surface area contributed by atoms with E-state index in [0.29, 0.717) is 0 Å². The lowest BCUT2D eigenvalue weighted by atomic mass is 9.73. The monoisotopic (exact) mass is 552 g/mol. The fourth-order valence-corrected chi connectivity index (χ4v) is 5.20. The molecule has 2 aromatic carbocycles. The highest BCUT2D eigenvalue weighted by Gasteiger charge is 2.32. The van der Waals surface area contributed by atoms with Gasteiger partial charge in [-0.3, -0.25) is 20.4 Å². The van der Waals surface area contributed by atoms with Gasteiger partial charge in [0.1, 0.15) is 11.5 Å². The van der Waals surface area contributed by atoms with Gasteiger partial charge in [-0.25, -0.2) is 0 Å². The van der Waals surface area contributed by atoms with Gasteiger partial charge in [-0.05, 0) is 67.9 Å². The Balaban J connectivity index is 2.19. The van der Waals surface area contributed by atoms with Crippen LogP contribution in [-0.4, -0.2) is 22.0 Å². The molecule has 0 spiro atoms. The Labute approximate surface area is 241 Å². The zero-order chi connectivity index (χ0) is 30.8. The molecule has 0 bridgehead atoms. The number of nitrogens with one attached hydrogen (secondary N) is 2. The van der Waals surface area contributed by atoms with Crippen molar-refractivity contribution < 1.29 is 19.8 Å². The number of amides is 2. The van der Waals surface area contributed by atoms with Crippen LogP contribution in [0.5, 0.6) is 11.5 Å². The van der Waals surface area contributed by atoms with Crippen LogP contribution in [0.3, 0.4) is 0 Å². The van der Waals surface area contributed by atoms with E-state index in [-0.39, 0.29) is 69.7 Å². The topological polar surface area (TPSA) is 98.7 Å². The highest BCUT2D eigenvalue weighted by molar-refractivity contribution is 5.83. The smallest absolute Gasteiger partial charge is 0.239 e. The van der Waals surface area contributed by atoms with Crippen LogP contribution in [0.4, 0.5) is 0 Å². The van der Waals surface area contributed by atoms with E-state index in [2.05, 4.69) is 52.4 Å². The molecule has 0 aliphatic carbocycles. The summed E-state index contributed by atoms with van der Waals surface area (Å²) in [4.78, 5) is 26.1. The molecule has 0 saturated heterocycles. The van der Waals surface area contributed by atoms with Gasteiger partial charge >= 0.3 is 0 Å². The molecule has 40 heavy (non-hydrogen) atoms. The number of aromatic hydroxyl groups is 2. The summed E-state index contributed by atoms with van der Waals surface area (Å²) in [5.41, 5.74) is 7.96. The van der Waals surface area contributed by atoms with Gasteiger partial charge in [0, 0.05) is 12.8 Å². The van der Waals surface area contributed by atoms with E-state index >= 15 is 0 Å². The molecule has 2 unspecified atom stereocenters. The molecule has 6 heteroatoms. The summed E-state index contributed by atoms with van der Waals surface area (Å²) in [5, 5.41) is 20.8. The van der Waals surface area contributed by atoms with Gasteiger partial charge in [0.05, 0.1) is 0 Å². The Kier molecular flexibility index (Phi) is 9.82. The van der Waals surface area contributed by atoms with Crippen LogP contribution >= 0.6 is 0 Å². The van der Waals surface area contributed by atoms with Gasteiger partial charge in [0.15, 0.2) is 0 Å².